The number of nitrogens with zero attached hydrogens (tertiary/aromatic N) is 2. The van der Waals surface area contributed by atoms with Crippen molar-refractivity contribution >= 4 is 33.3 Å². The number of benzene rings is 2. The maximum atomic E-state index is 14.4. The molecule has 0 spiro atoms. The number of anilines is 1. The largest absolute Gasteiger partial charge is 0.495 e. The fraction of sp³-hybridized carbons (Fsp3) is 0.333. The van der Waals surface area contributed by atoms with Crippen LogP contribution >= 0.6 is 15.9 Å². The van der Waals surface area contributed by atoms with Gasteiger partial charge in [-0.05, 0) is 53.2 Å². The van der Waals surface area contributed by atoms with Gasteiger partial charge in [-0.15, -0.1) is 0 Å². The summed E-state index contributed by atoms with van der Waals surface area (Å²) in [7, 11) is 3.05. The average Bonchev–Trinajstić information content (AvgIpc) is 2.73. The lowest BCUT2D eigenvalue weighted by Gasteiger charge is -2.36. The number of hydrogen-bond acceptors (Lipinski definition) is 5. The van der Waals surface area contributed by atoms with Gasteiger partial charge in [-0.1, -0.05) is 0 Å². The fourth-order valence-electron chi connectivity index (χ4n) is 3.31. The Morgan fingerprint density at radius 2 is 1.55 bits per heavy atom. The van der Waals surface area contributed by atoms with Gasteiger partial charge in [-0.2, -0.15) is 0 Å². The molecule has 1 aliphatic rings. The molecule has 2 aromatic rings. The number of carbonyl (C=O) groups is 2. The van der Waals surface area contributed by atoms with Crippen molar-refractivity contribution in [2.24, 2.45) is 0 Å². The number of methoxy groups -OCH3 is 2. The predicted molar refractivity (Wildman–Crippen MR) is 112 cm³/mol. The summed E-state index contributed by atoms with van der Waals surface area (Å²) in [6, 6.07) is 7.84. The number of carbonyl (C=O) groups excluding carboxylic acids is 2. The van der Waals surface area contributed by atoms with Gasteiger partial charge in [0, 0.05) is 37.3 Å². The summed E-state index contributed by atoms with van der Waals surface area (Å²) >= 11 is 3.40. The average molecular weight is 465 g/mol. The number of halogens is 2. The number of Topliss-reactive ketones (excluding diaryl/α,β-unsaturated/α-hetero) is 1. The minimum absolute atomic E-state index is 0.138. The topological polar surface area (TPSA) is 59.1 Å². The molecule has 1 aliphatic heterocycles. The fourth-order valence-corrected chi connectivity index (χ4v) is 3.86. The SMILES string of the molecule is COc1cc(C(=O)N2CCN(c3ccc(C(C)=O)cc3F)CC2)cc(OC)c1Br. The van der Waals surface area contributed by atoms with E-state index in [4.69, 9.17) is 9.47 Å². The zero-order valence-corrected chi connectivity index (χ0v) is 18.1. The quantitative estimate of drug-likeness (QED) is 0.630. The van der Waals surface area contributed by atoms with Gasteiger partial charge in [-0.3, -0.25) is 9.59 Å². The van der Waals surface area contributed by atoms with Gasteiger partial charge in [0.2, 0.25) is 0 Å². The van der Waals surface area contributed by atoms with Crippen LogP contribution in [0.5, 0.6) is 11.5 Å². The Morgan fingerprint density at radius 3 is 2.03 bits per heavy atom. The molecule has 0 saturated carbocycles. The first-order valence-corrected chi connectivity index (χ1v) is 9.91. The third-order valence-corrected chi connectivity index (χ3v) is 5.74. The number of hydrogen-bond donors (Lipinski definition) is 0. The molecule has 8 heteroatoms. The van der Waals surface area contributed by atoms with Crippen LogP contribution in [0.15, 0.2) is 34.8 Å². The molecule has 1 heterocycles. The lowest BCUT2D eigenvalue weighted by atomic mass is 10.1. The molecule has 29 heavy (non-hydrogen) atoms. The Labute approximate surface area is 177 Å². The van der Waals surface area contributed by atoms with Gasteiger partial charge in [-0.25, -0.2) is 4.39 Å². The smallest absolute Gasteiger partial charge is 0.254 e. The van der Waals surface area contributed by atoms with E-state index in [0.29, 0.717) is 59.0 Å². The van der Waals surface area contributed by atoms with Crippen LogP contribution in [0.1, 0.15) is 27.6 Å². The van der Waals surface area contributed by atoms with E-state index in [1.54, 1.807) is 29.2 Å². The van der Waals surface area contributed by atoms with Crippen molar-refractivity contribution in [3.8, 4) is 11.5 Å². The van der Waals surface area contributed by atoms with E-state index in [1.165, 1.54) is 27.2 Å². The molecule has 0 atom stereocenters. The van der Waals surface area contributed by atoms with Crippen molar-refractivity contribution in [2.75, 3.05) is 45.3 Å². The standard InChI is InChI=1S/C21H22BrFN2O4/c1-13(26)14-4-5-17(16(23)10-14)24-6-8-25(9-7-24)21(27)15-11-18(28-2)20(22)19(12-15)29-3/h4-5,10-12H,6-9H2,1-3H3. The highest BCUT2D eigenvalue weighted by Gasteiger charge is 2.25. The summed E-state index contributed by atoms with van der Waals surface area (Å²) in [6.07, 6.45) is 0. The van der Waals surface area contributed by atoms with E-state index in [-0.39, 0.29) is 11.7 Å². The summed E-state index contributed by atoms with van der Waals surface area (Å²) in [4.78, 5) is 28.0. The van der Waals surface area contributed by atoms with Gasteiger partial charge in [0.1, 0.15) is 21.8 Å². The molecule has 0 aliphatic carbocycles. The van der Waals surface area contributed by atoms with Crippen molar-refractivity contribution in [3.05, 3.63) is 51.7 Å². The summed E-state index contributed by atoms with van der Waals surface area (Å²) < 4.78 is 25.7. The molecule has 3 rings (SSSR count). The van der Waals surface area contributed by atoms with Crippen molar-refractivity contribution in [1.82, 2.24) is 4.90 Å². The van der Waals surface area contributed by atoms with Crippen LogP contribution < -0.4 is 14.4 Å². The second-order valence-electron chi connectivity index (χ2n) is 6.70. The molecule has 1 saturated heterocycles. The van der Waals surface area contributed by atoms with E-state index < -0.39 is 5.82 Å². The van der Waals surface area contributed by atoms with Gasteiger partial charge >= 0.3 is 0 Å². The first-order chi connectivity index (χ1) is 13.8. The molecule has 1 amide bonds. The third-order valence-electron chi connectivity index (χ3n) is 4.95. The monoisotopic (exact) mass is 464 g/mol. The number of piperazine rings is 1. The maximum absolute atomic E-state index is 14.4. The van der Waals surface area contributed by atoms with Crippen molar-refractivity contribution in [2.45, 2.75) is 6.92 Å². The molecule has 154 valence electrons. The number of ketones is 1. The predicted octanol–water partition coefficient (Wildman–Crippen LogP) is 3.77. The van der Waals surface area contributed by atoms with Gasteiger partial charge in [0.25, 0.3) is 5.91 Å². The van der Waals surface area contributed by atoms with Crippen molar-refractivity contribution < 1.29 is 23.5 Å². The molecular weight excluding hydrogens is 443 g/mol. The Bertz CT molecular complexity index is 917. The molecule has 6 nitrogen and oxygen atoms in total. The van der Waals surface area contributed by atoms with Crippen LogP contribution in [-0.2, 0) is 0 Å². The Kier molecular flexibility index (Phi) is 6.42. The highest BCUT2D eigenvalue weighted by molar-refractivity contribution is 9.10. The molecule has 0 radical (unpaired) electrons. The molecule has 2 aromatic carbocycles. The number of rotatable bonds is 5. The van der Waals surface area contributed by atoms with Gasteiger partial charge in [0.15, 0.2) is 5.78 Å². The highest BCUT2D eigenvalue weighted by atomic mass is 79.9. The second-order valence-corrected chi connectivity index (χ2v) is 7.49. The summed E-state index contributed by atoms with van der Waals surface area (Å²) in [6.45, 7) is 3.30. The third kappa shape index (κ3) is 4.37. The zero-order chi connectivity index (χ0) is 21.1. The molecule has 0 bridgehead atoms. The van der Waals surface area contributed by atoms with E-state index in [1.807, 2.05) is 4.90 Å². The zero-order valence-electron chi connectivity index (χ0n) is 16.5. The Hall–Kier alpha value is -2.61. The molecule has 0 aromatic heterocycles. The minimum Gasteiger partial charge on any atom is -0.495 e. The lowest BCUT2D eigenvalue weighted by Crippen LogP contribution is -2.49. The first-order valence-electron chi connectivity index (χ1n) is 9.12. The van der Waals surface area contributed by atoms with Crippen molar-refractivity contribution in [1.29, 1.82) is 0 Å². The highest BCUT2D eigenvalue weighted by Crippen LogP contribution is 2.36. The summed E-state index contributed by atoms with van der Waals surface area (Å²) in [5, 5.41) is 0. The lowest BCUT2D eigenvalue weighted by molar-refractivity contribution is 0.0745. The van der Waals surface area contributed by atoms with Crippen LogP contribution in [0, 0.1) is 5.82 Å². The Balaban J connectivity index is 1.72. The first kappa shape index (κ1) is 21.1. The second kappa shape index (κ2) is 8.82. The molecule has 1 fully saturated rings. The number of ether oxygens (including phenoxy) is 2. The molecule has 0 unspecified atom stereocenters. The number of amides is 1. The van der Waals surface area contributed by atoms with Crippen molar-refractivity contribution in [3.63, 3.8) is 0 Å². The summed E-state index contributed by atoms with van der Waals surface area (Å²) in [5.74, 6) is 0.283. The van der Waals surface area contributed by atoms with Crippen LogP contribution in [0.2, 0.25) is 0 Å². The summed E-state index contributed by atoms with van der Waals surface area (Å²) in [5.41, 5.74) is 1.25. The minimum atomic E-state index is -0.431. The molecular formula is C21H22BrFN2O4. The van der Waals surface area contributed by atoms with Gasteiger partial charge in [0.05, 0.1) is 19.9 Å². The van der Waals surface area contributed by atoms with Crippen LogP contribution in [0.3, 0.4) is 0 Å². The van der Waals surface area contributed by atoms with Crippen LogP contribution in [-0.4, -0.2) is 57.0 Å². The maximum Gasteiger partial charge on any atom is 0.254 e. The van der Waals surface area contributed by atoms with Crippen LogP contribution in [0.4, 0.5) is 10.1 Å². The normalized spacial score (nSPS) is 14.0. The van der Waals surface area contributed by atoms with E-state index in [0.717, 1.165) is 0 Å². The van der Waals surface area contributed by atoms with E-state index in [9.17, 15) is 14.0 Å². The Morgan fingerprint density at radius 1 is 0.966 bits per heavy atom. The van der Waals surface area contributed by atoms with E-state index in [2.05, 4.69) is 15.9 Å². The van der Waals surface area contributed by atoms with E-state index >= 15 is 0 Å². The van der Waals surface area contributed by atoms with Crippen LogP contribution in [0.25, 0.3) is 0 Å². The molecule has 0 N–H and O–H groups in total. The van der Waals surface area contributed by atoms with Gasteiger partial charge < -0.3 is 19.3 Å².